The minimum atomic E-state index is -4.41. The minimum Gasteiger partial charge on any atom is -0.369 e. The van der Waals surface area contributed by atoms with Crippen molar-refractivity contribution in [2.75, 3.05) is 11.9 Å². The number of anilines is 1. The lowest BCUT2D eigenvalue weighted by molar-refractivity contribution is -0.137. The molecule has 0 fully saturated rings. The van der Waals surface area contributed by atoms with Gasteiger partial charge in [-0.15, -0.1) is 0 Å². The van der Waals surface area contributed by atoms with Gasteiger partial charge in [-0.1, -0.05) is 20.8 Å². The molecule has 1 heterocycles. The number of nitrogens with zero attached hydrogens (tertiary/aromatic N) is 1. The summed E-state index contributed by atoms with van der Waals surface area (Å²) in [6, 6.07) is 1.03. The van der Waals surface area contributed by atoms with E-state index in [0.29, 0.717) is 11.0 Å². The molecule has 0 radical (unpaired) electrons. The summed E-state index contributed by atoms with van der Waals surface area (Å²) < 4.78 is 38.6. The van der Waals surface area contributed by atoms with Crippen LogP contribution >= 0.6 is 15.9 Å². The molecular weight excluding hydrogens is 297 g/mol. The van der Waals surface area contributed by atoms with Crippen LogP contribution in [0, 0.1) is 5.41 Å². The predicted molar refractivity (Wildman–Crippen MR) is 64.9 cm³/mol. The standard InChI is InChI=1S/C11H14BrF3N2/c1-10(2,3)6-17-9-8(11(13,14)15)4-7(12)5-16-9/h4-5H,6H2,1-3H3,(H,16,17). The normalized spacial score (nSPS) is 12.6. The SMILES string of the molecule is CC(C)(C)CNc1ncc(Br)cc1C(F)(F)F. The van der Waals surface area contributed by atoms with Crippen molar-refractivity contribution in [2.45, 2.75) is 26.9 Å². The van der Waals surface area contributed by atoms with Gasteiger partial charge in [0.2, 0.25) is 0 Å². The third-order valence-corrected chi connectivity index (χ3v) is 2.38. The van der Waals surface area contributed by atoms with Crippen LogP contribution in [0.1, 0.15) is 26.3 Å². The highest BCUT2D eigenvalue weighted by Gasteiger charge is 2.34. The molecular formula is C11H14BrF3N2. The largest absolute Gasteiger partial charge is 0.419 e. The van der Waals surface area contributed by atoms with Crippen LogP contribution in [0.5, 0.6) is 0 Å². The highest BCUT2D eigenvalue weighted by molar-refractivity contribution is 9.10. The number of hydrogen-bond acceptors (Lipinski definition) is 2. The number of rotatable bonds is 2. The van der Waals surface area contributed by atoms with E-state index in [1.54, 1.807) is 0 Å². The summed E-state index contributed by atoms with van der Waals surface area (Å²) in [4.78, 5) is 3.77. The Bertz CT molecular complexity index is 397. The zero-order valence-electron chi connectivity index (χ0n) is 9.82. The van der Waals surface area contributed by atoms with Crippen molar-refractivity contribution in [2.24, 2.45) is 5.41 Å². The smallest absolute Gasteiger partial charge is 0.369 e. The molecule has 1 N–H and O–H groups in total. The molecule has 6 heteroatoms. The summed E-state index contributed by atoms with van der Waals surface area (Å²) >= 11 is 2.99. The monoisotopic (exact) mass is 310 g/mol. The van der Waals surface area contributed by atoms with Crippen LogP contribution in [0.15, 0.2) is 16.7 Å². The summed E-state index contributed by atoms with van der Waals surface area (Å²) in [5.41, 5.74) is -0.867. The van der Waals surface area contributed by atoms with E-state index < -0.39 is 11.7 Å². The molecule has 0 aliphatic rings. The lowest BCUT2D eigenvalue weighted by Gasteiger charge is -2.21. The van der Waals surface area contributed by atoms with Gasteiger partial charge < -0.3 is 5.32 Å². The van der Waals surface area contributed by atoms with Crippen molar-refractivity contribution in [3.05, 3.63) is 22.3 Å². The number of halogens is 4. The highest BCUT2D eigenvalue weighted by Crippen LogP contribution is 2.35. The van der Waals surface area contributed by atoms with Gasteiger partial charge in [0.25, 0.3) is 0 Å². The Morgan fingerprint density at radius 2 is 1.88 bits per heavy atom. The highest BCUT2D eigenvalue weighted by atomic mass is 79.9. The molecule has 0 saturated carbocycles. The Balaban J connectivity index is 2.99. The molecule has 0 aromatic carbocycles. The van der Waals surface area contributed by atoms with E-state index in [1.165, 1.54) is 6.20 Å². The molecule has 0 spiro atoms. The molecule has 0 unspecified atom stereocenters. The Kier molecular flexibility index (Phi) is 4.06. The van der Waals surface area contributed by atoms with Crippen molar-refractivity contribution in [1.82, 2.24) is 4.98 Å². The van der Waals surface area contributed by atoms with Gasteiger partial charge in [-0.2, -0.15) is 13.2 Å². The molecule has 1 rings (SSSR count). The number of pyridine rings is 1. The molecule has 1 aromatic heterocycles. The van der Waals surface area contributed by atoms with E-state index in [1.807, 2.05) is 20.8 Å². The first-order chi connectivity index (χ1) is 7.59. The lowest BCUT2D eigenvalue weighted by Crippen LogP contribution is -2.21. The molecule has 2 nitrogen and oxygen atoms in total. The Hall–Kier alpha value is -0.780. The average Bonchev–Trinajstić information content (AvgIpc) is 2.13. The van der Waals surface area contributed by atoms with E-state index in [4.69, 9.17) is 0 Å². The van der Waals surface area contributed by atoms with Gasteiger partial charge >= 0.3 is 6.18 Å². The topological polar surface area (TPSA) is 24.9 Å². The number of alkyl halides is 3. The second kappa shape index (κ2) is 4.84. The molecule has 0 bridgehead atoms. The Morgan fingerprint density at radius 3 is 2.35 bits per heavy atom. The molecule has 1 aromatic rings. The second-order valence-corrected chi connectivity index (χ2v) is 5.88. The van der Waals surface area contributed by atoms with Gasteiger partial charge in [0, 0.05) is 17.2 Å². The average molecular weight is 311 g/mol. The fraction of sp³-hybridized carbons (Fsp3) is 0.545. The van der Waals surface area contributed by atoms with Gasteiger partial charge in [0.05, 0.1) is 5.56 Å². The lowest BCUT2D eigenvalue weighted by atomic mass is 9.97. The molecule has 96 valence electrons. The summed E-state index contributed by atoms with van der Waals surface area (Å²) in [6.07, 6.45) is -3.06. The van der Waals surface area contributed by atoms with E-state index in [-0.39, 0.29) is 11.2 Å². The summed E-state index contributed by atoms with van der Waals surface area (Å²) in [7, 11) is 0. The van der Waals surface area contributed by atoms with Gasteiger partial charge in [0.1, 0.15) is 5.82 Å². The number of nitrogens with one attached hydrogen (secondary N) is 1. The first kappa shape index (κ1) is 14.3. The molecule has 0 atom stereocenters. The third-order valence-electron chi connectivity index (χ3n) is 1.95. The van der Waals surface area contributed by atoms with E-state index in [9.17, 15) is 13.2 Å². The fourth-order valence-corrected chi connectivity index (χ4v) is 1.48. The van der Waals surface area contributed by atoms with Crippen molar-refractivity contribution in [3.63, 3.8) is 0 Å². The van der Waals surface area contributed by atoms with Crippen LogP contribution in [0.25, 0.3) is 0 Å². The fourth-order valence-electron chi connectivity index (χ4n) is 1.15. The van der Waals surface area contributed by atoms with Crippen molar-refractivity contribution in [3.8, 4) is 0 Å². The number of aromatic nitrogens is 1. The zero-order chi connectivity index (χ0) is 13.3. The quantitative estimate of drug-likeness (QED) is 0.880. The molecule has 0 aliphatic heterocycles. The molecule has 0 amide bonds. The van der Waals surface area contributed by atoms with Gasteiger partial charge in [-0.3, -0.25) is 0 Å². The van der Waals surface area contributed by atoms with Crippen molar-refractivity contribution in [1.29, 1.82) is 0 Å². The minimum absolute atomic E-state index is 0.113. The Morgan fingerprint density at radius 1 is 1.29 bits per heavy atom. The molecule has 17 heavy (non-hydrogen) atoms. The zero-order valence-corrected chi connectivity index (χ0v) is 11.4. The van der Waals surface area contributed by atoms with Gasteiger partial charge in [0.15, 0.2) is 0 Å². The van der Waals surface area contributed by atoms with Crippen molar-refractivity contribution >= 4 is 21.7 Å². The number of hydrogen-bond donors (Lipinski definition) is 1. The first-order valence-corrected chi connectivity index (χ1v) is 5.85. The van der Waals surface area contributed by atoms with Crippen LogP contribution < -0.4 is 5.32 Å². The maximum absolute atomic E-state index is 12.7. The summed E-state index contributed by atoms with van der Waals surface area (Å²) in [5.74, 6) is -0.129. The van der Waals surface area contributed by atoms with E-state index in [2.05, 4.69) is 26.2 Å². The Labute approximate surface area is 107 Å². The van der Waals surface area contributed by atoms with Gasteiger partial charge in [-0.05, 0) is 27.4 Å². The molecule has 0 aliphatic carbocycles. The summed E-state index contributed by atoms with van der Waals surface area (Å²) in [5, 5.41) is 2.74. The maximum atomic E-state index is 12.7. The summed E-state index contributed by atoms with van der Waals surface area (Å²) in [6.45, 7) is 6.23. The second-order valence-electron chi connectivity index (χ2n) is 4.96. The third kappa shape index (κ3) is 4.53. The van der Waals surface area contributed by atoms with Gasteiger partial charge in [-0.25, -0.2) is 4.98 Å². The van der Waals surface area contributed by atoms with Crippen LogP contribution in [-0.2, 0) is 6.18 Å². The van der Waals surface area contributed by atoms with E-state index >= 15 is 0 Å². The van der Waals surface area contributed by atoms with Crippen LogP contribution in [0.4, 0.5) is 19.0 Å². The molecule has 0 saturated heterocycles. The van der Waals surface area contributed by atoms with Crippen LogP contribution in [0.3, 0.4) is 0 Å². The first-order valence-electron chi connectivity index (χ1n) is 5.06. The maximum Gasteiger partial charge on any atom is 0.419 e. The predicted octanol–water partition coefficient (Wildman–Crippen LogP) is 4.32. The van der Waals surface area contributed by atoms with E-state index in [0.717, 1.165) is 6.07 Å². The van der Waals surface area contributed by atoms with Crippen LogP contribution in [0.2, 0.25) is 0 Å². The van der Waals surface area contributed by atoms with Crippen LogP contribution in [-0.4, -0.2) is 11.5 Å². The van der Waals surface area contributed by atoms with Crippen molar-refractivity contribution < 1.29 is 13.2 Å².